The van der Waals surface area contributed by atoms with Crippen LogP contribution >= 0.6 is 0 Å². The van der Waals surface area contributed by atoms with E-state index in [1.54, 1.807) is 0 Å². The smallest absolute Gasteiger partial charge is 0.319 e. The number of nitrogens with zero attached hydrogens (tertiary/aromatic N) is 1. The van der Waals surface area contributed by atoms with Gasteiger partial charge >= 0.3 is 6.03 Å². The summed E-state index contributed by atoms with van der Waals surface area (Å²) in [6.07, 6.45) is 5.26. The van der Waals surface area contributed by atoms with E-state index in [4.69, 9.17) is 4.74 Å². The van der Waals surface area contributed by atoms with Crippen molar-refractivity contribution < 1.29 is 9.53 Å². The molecule has 0 bridgehead atoms. The highest BCUT2D eigenvalue weighted by molar-refractivity contribution is 5.90. The first kappa shape index (κ1) is 19.2. The molecule has 4 unspecified atom stereocenters. The molecule has 3 rings (SSSR count). The Morgan fingerprint density at radius 2 is 1.81 bits per heavy atom. The number of ether oxygens (including phenoxy) is 1. The topological polar surface area (TPSA) is 53.6 Å². The van der Waals surface area contributed by atoms with Gasteiger partial charge in [-0.3, -0.25) is 4.90 Å². The third kappa shape index (κ3) is 5.21. The Hall–Kier alpha value is -1.59. The molecule has 1 saturated heterocycles. The molecule has 1 aliphatic heterocycles. The van der Waals surface area contributed by atoms with Gasteiger partial charge in [-0.05, 0) is 44.2 Å². The summed E-state index contributed by atoms with van der Waals surface area (Å²) < 4.78 is 5.82. The summed E-state index contributed by atoms with van der Waals surface area (Å²) in [5.74, 6) is 0.557. The second kappa shape index (κ2) is 8.87. The largest absolute Gasteiger partial charge is 0.373 e. The van der Waals surface area contributed by atoms with Crippen molar-refractivity contribution in [3.63, 3.8) is 0 Å². The van der Waals surface area contributed by atoms with Gasteiger partial charge in [0.1, 0.15) is 0 Å². The Kier molecular flexibility index (Phi) is 6.54. The number of hydrogen-bond acceptors (Lipinski definition) is 3. The molecular formula is C21H33N3O2. The first-order valence-electron chi connectivity index (χ1n) is 10.0. The van der Waals surface area contributed by atoms with E-state index in [1.165, 1.54) is 19.3 Å². The summed E-state index contributed by atoms with van der Waals surface area (Å²) in [5.41, 5.74) is 2.06. The Labute approximate surface area is 157 Å². The van der Waals surface area contributed by atoms with Crippen molar-refractivity contribution in [1.82, 2.24) is 10.2 Å². The van der Waals surface area contributed by atoms with Gasteiger partial charge in [-0.25, -0.2) is 4.79 Å². The van der Waals surface area contributed by atoms with E-state index < -0.39 is 0 Å². The number of carbonyl (C=O) groups is 1. The minimum absolute atomic E-state index is 0.0834. The molecule has 2 fully saturated rings. The van der Waals surface area contributed by atoms with Gasteiger partial charge in [0.15, 0.2) is 0 Å². The zero-order chi connectivity index (χ0) is 18.5. The molecule has 0 radical (unpaired) electrons. The van der Waals surface area contributed by atoms with Crippen LogP contribution in [0.4, 0.5) is 10.5 Å². The van der Waals surface area contributed by atoms with Gasteiger partial charge in [-0.2, -0.15) is 0 Å². The highest BCUT2D eigenvalue weighted by atomic mass is 16.5. The van der Waals surface area contributed by atoms with Gasteiger partial charge < -0.3 is 15.4 Å². The molecule has 0 aromatic heterocycles. The van der Waals surface area contributed by atoms with Gasteiger partial charge in [0, 0.05) is 31.4 Å². The van der Waals surface area contributed by atoms with Crippen LogP contribution in [0.3, 0.4) is 0 Å². The van der Waals surface area contributed by atoms with Crippen LogP contribution < -0.4 is 10.6 Å². The summed E-state index contributed by atoms with van der Waals surface area (Å²) in [5, 5.41) is 6.26. The molecule has 1 aromatic carbocycles. The zero-order valence-corrected chi connectivity index (χ0v) is 16.3. The van der Waals surface area contributed by atoms with E-state index >= 15 is 0 Å². The third-order valence-corrected chi connectivity index (χ3v) is 5.58. The summed E-state index contributed by atoms with van der Waals surface area (Å²) >= 11 is 0. The maximum atomic E-state index is 12.5. The number of benzene rings is 1. The lowest BCUT2D eigenvalue weighted by Crippen LogP contribution is -2.45. The van der Waals surface area contributed by atoms with E-state index in [2.05, 4.69) is 42.4 Å². The van der Waals surface area contributed by atoms with Crippen LogP contribution in [0, 0.1) is 5.92 Å². The van der Waals surface area contributed by atoms with Gasteiger partial charge in [-0.1, -0.05) is 38.0 Å². The Bertz CT molecular complexity index is 597. The second-order valence-electron chi connectivity index (χ2n) is 8.08. The number of anilines is 1. The van der Waals surface area contributed by atoms with Crippen molar-refractivity contribution >= 4 is 11.7 Å². The quantitative estimate of drug-likeness (QED) is 0.854. The number of para-hydroxylation sites is 1. The molecule has 2 aliphatic rings. The van der Waals surface area contributed by atoms with Crippen molar-refractivity contribution in [2.75, 3.05) is 18.4 Å². The van der Waals surface area contributed by atoms with E-state index in [1.807, 2.05) is 18.2 Å². The molecule has 1 aromatic rings. The standard InChI is InChI=1S/C21H33N3O2/c1-15-8-4-6-10-19(15)22-21(25)23-20-11-7-5-9-18(20)14-24-12-16(2)26-17(3)13-24/h5,7,9,11,15-17,19H,4,6,8,10,12-14H2,1-3H3,(H2,22,23,25). The monoisotopic (exact) mass is 359 g/mol. The van der Waals surface area contributed by atoms with Gasteiger partial charge in [0.05, 0.1) is 12.2 Å². The van der Waals surface area contributed by atoms with Crippen molar-refractivity contribution in [3.8, 4) is 0 Å². The lowest BCUT2D eigenvalue weighted by Gasteiger charge is -2.35. The van der Waals surface area contributed by atoms with Crippen LogP contribution in [0.25, 0.3) is 0 Å². The Balaban J connectivity index is 1.60. The molecule has 2 amide bonds. The van der Waals surface area contributed by atoms with Gasteiger partial charge in [0.2, 0.25) is 0 Å². The highest BCUT2D eigenvalue weighted by Gasteiger charge is 2.24. The normalized spacial score (nSPS) is 30.0. The Morgan fingerprint density at radius 3 is 2.54 bits per heavy atom. The third-order valence-electron chi connectivity index (χ3n) is 5.58. The molecule has 144 valence electrons. The van der Waals surface area contributed by atoms with Crippen LogP contribution in [0.15, 0.2) is 24.3 Å². The maximum Gasteiger partial charge on any atom is 0.319 e. The first-order valence-corrected chi connectivity index (χ1v) is 10.0. The average molecular weight is 360 g/mol. The minimum Gasteiger partial charge on any atom is -0.373 e. The molecule has 1 heterocycles. The Morgan fingerprint density at radius 1 is 1.12 bits per heavy atom. The van der Waals surface area contributed by atoms with E-state index in [0.717, 1.165) is 37.3 Å². The fourth-order valence-corrected chi connectivity index (χ4v) is 4.29. The van der Waals surface area contributed by atoms with Crippen LogP contribution in [-0.2, 0) is 11.3 Å². The van der Waals surface area contributed by atoms with Crippen LogP contribution in [-0.4, -0.2) is 42.3 Å². The molecule has 4 atom stereocenters. The number of rotatable bonds is 4. The predicted octanol–water partition coefficient (Wildman–Crippen LogP) is 4.00. The minimum atomic E-state index is -0.0834. The molecule has 1 aliphatic carbocycles. The maximum absolute atomic E-state index is 12.5. The van der Waals surface area contributed by atoms with Crippen molar-refractivity contribution in [2.24, 2.45) is 5.92 Å². The van der Waals surface area contributed by atoms with Crippen LogP contribution in [0.5, 0.6) is 0 Å². The number of amides is 2. The van der Waals surface area contributed by atoms with Crippen molar-refractivity contribution in [1.29, 1.82) is 0 Å². The fraction of sp³-hybridized carbons (Fsp3) is 0.667. The molecule has 5 heteroatoms. The molecule has 26 heavy (non-hydrogen) atoms. The van der Waals surface area contributed by atoms with Gasteiger partial charge in [-0.15, -0.1) is 0 Å². The van der Waals surface area contributed by atoms with Crippen molar-refractivity contribution in [2.45, 2.75) is 71.2 Å². The number of nitrogens with one attached hydrogen (secondary N) is 2. The van der Waals surface area contributed by atoms with Crippen LogP contribution in [0.2, 0.25) is 0 Å². The lowest BCUT2D eigenvalue weighted by atomic mass is 9.86. The summed E-state index contributed by atoms with van der Waals surface area (Å²) in [4.78, 5) is 14.9. The fourth-order valence-electron chi connectivity index (χ4n) is 4.29. The van der Waals surface area contributed by atoms with E-state index in [-0.39, 0.29) is 24.3 Å². The van der Waals surface area contributed by atoms with Crippen LogP contribution in [0.1, 0.15) is 52.0 Å². The number of carbonyl (C=O) groups excluding carboxylic acids is 1. The van der Waals surface area contributed by atoms with E-state index in [9.17, 15) is 4.79 Å². The first-order chi connectivity index (χ1) is 12.5. The molecular weight excluding hydrogens is 326 g/mol. The lowest BCUT2D eigenvalue weighted by molar-refractivity contribution is -0.0704. The summed E-state index contributed by atoms with van der Waals surface area (Å²) in [6.45, 7) is 9.14. The number of hydrogen-bond donors (Lipinski definition) is 2. The zero-order valence-electron chi connectivity index (χ0n) is 16.3. The summed E-state index contributed by atoms with van der Waals surface area (Å²) in [6, 6.07) is 8.31. The summed E-state index contributed by atoms with van der Waals surface area (Å²) in [7, 11) is 0. The SMILES string of the molecule is CC1CN(Cc2ccccc2NC(=O)NC2CCCCC2C)CC(C)O1. The van der Waals surface area contributed by atoms with Crippen molar-refractivity contribution in [3.05, 3.63) is 29.8 Å². The predicted molar refractivity (Wildman–Crippen MR) is 105 cm³/mol. The molecule has 2 N–H and O–H groups in total. The highest BCUT2D eigenvalue weighted by Crippen LogP contribution is 2.24. The number of urea groups is 1. The number of morpholine rings is 1. The molecule has 5 nitrogen and oxygen atoms in total. The van der Waals surface area contributed by atoms with Gasteiger partial charge in [0.25, 0.3) is 0 Å². The van der Waals surface area contributed by atoms with E-state index in [0.29, 0.717) is 5.92 Å². The average Bonchev–Trinajstić information content (AvgIpc) is 2.58. The molecule has 1 saturated carbocycles. The second-order valence-corrected chi connectivity index (χ2v) is 8.08. The molecule has 0 spiro atoms.